The van der Waals surface area contributed by atoms with Crippen LogP contribution in [0.3, 0.4) is 0 Å². The monoisotopic (exact) mass is 160 g/mol. The van der Waals surface area contributed by atoms with Crippen LogP contribution in [0.25, 0.3) is 0 Å². The Morgan fingerprint density at radius 2 is 0.917 bits per heavy atom. The molecule has 0 aromatic carbocycles. The first-order chi connectivity index (χ1) is 6.00. The first kappa shape index (κ1) is 9.05. The highest BCUT2D eigenvalue weighted by molar-refractivity contribution is 5.15. The average molecular weight is 160 g/mol. The average Bonchev–Trinajstić information content (AvgIpc) is 2.05. The summed E-state index contributed by atoms with van der Waals surface area (Å²) >= 11 is 0. The molecule has 0 atom stereocenters. The Morgan fingerprint density at radius 1 is 0.500 bits per heavy atom. The number of allylic oxidation sites excluding steroid dienone is 8. The van der Waals surface area contributed by atoms with Crippen molar-refractivity contribution in [2.24, 2.45) is 0 Å². The van der Waals surface area contributed by atoms with Gasteiger partial charge in [0.15, 0.2) is 0 Å². The maximum absolute atomic E-state index is 2.23. The lowest BCUT2D eigenvalue weighted by atomic mass is 10.1. The van der Waals surface area contributed by atoms with Crippen molar-refractivity contribution >= 4 is 0 Å². The van der Waals surface area contributed by atoms with Crippen LogP contribution < -0.4 is 0 Å². The van der Waals surface area contributed by atoms with Gasteiger partial charge in [-0.15, -0.1) is 0 Å². The Hall–Kier alpha value is -1.04. The molecule has 0 bridgehead atoms. The van der Waals surface area contributed by atoms with Gasteiger partial charge in [-0.1, -0.05) is 48.6 Å². The SMILES string of the molecule is C1=CC=CCCCCC=CC=C1. The molecular formula is C12H16. The summed E-state index contributed by atoms with van der Waals surface area (Å²) in [6.07, 6.45) is 22.0. The zero-order valence-electron chi connectivity index (χ0n) is 7.45. The maximum Gasteiger partial charge on any atom is -0.0347 e. The molecule has 0 saturated carbocycles. The van der Waals surface area contributed by atoms with E-state index in [0.717, 1.165) is 0 Å². The maximum atomic E-state index is 2.23. The van der Waals surface area contributed by atoms with Crippen LogP contribution in [-0.4, -0.2) is 0 Å². The Kier molecular flexibility index (Phi) is 5.02. The molecule has 12 heavy (non-hydrogen) atoms. The molecule has 0 aromatic heterocycles. The number of hydrogen-bond acceptors (Lipinski definition) is 0. The molecule has 0 saturated heterocycles. The van der Waals surface area contributed by atoms with Crippen molar-refractivity contribution in [2.45, 2.75) is 25.7 Å². The summed E-state index contributed by atoms with van der Waals surface area (Å²) in [6, 6.07) is 0. The van der Waals surface area contributed by atoms with E-state index in [0.29, 0.717) is 0 Å². The van der Waals surface area contributed by atoms with Gasteiger partial charge >= 0.3 is 0 Å². The first-order valence-electron chi connectivity index (χ1n) is 4.65. The molecule has 1 aliphatic rings. The van der Waals surface area contributed by atoms with Crippen LogP contribution in [0.2, 0.25) is 0 Å². The molecule has 0 heterocycles. The van der Waals surface area contributed by atoms with Crippen molar-refractivity contribution < 1.29 is 0 Å². The van der Waals surface area contributed by atoms with Gasteiger partial charge in [-0.2, -0.15) is 0 Å². The second-order valence-electron chi connectivity index (χ2n) is 2.91. The zero-order valence-corrected chi connectivity index (χ0v) is 7.45. The fraction of sp³-hybridized carbons (Fsp3) is 0.333. The fourth-order valence-electron chi connectivity index (χ4n) is 1.13. The summed E-state index contributed by atoms with van der Waals surface area (Å²) in [5.41, 5.74) is 0. The van der Waals surface area contributed by atoms with E-state index in [4.69, 9.17) is 0 Å². The topological polar surface area (TPSA) is 0 Å². The van der Waals surface area contributed by atoms with Crippen molar-refractivity contribution in [2.75, 3.05) is 0 Å². The van der Waals surface area contributed by atoms with Crippen molar-refractivity contribution in [1.29, 1.82) is 0 Å². The normalized spacial score (nSPS) is 18.7. The van der Waals surface area contributed by atoms with Gasteiger partial charge in [-0.25, -0.2) is 0 Å². The van der Waals surface area contributed by atoms with Gasteiger partial charge in [0.1, 0.15) is 0 Å². The van der Waals surface area contributed by atoms with Crippen LogP contribution in [-0.2, 0) is 0 Å². The van der Waals surface area contributed by atoms with Crippen molar-refractivity contribution in [3.05, 3.63) is 48.6 Å². The van der Waals surface area contributed by atoms with Crippen molar-refractivity contribution in [3.8, 4) is 0 Å². The molecule has 0 unspecified atom stereocenters. The standard InChI is InChI=1S/C12H16/c1-2-4-6-8-10-12-11-9-7-5-3-1/h1-8H,9-12H2. The van der Waals surface area contributed by atoms with Gasteiger partial charge in [-0.05, 0) is 25.7 Å². The predicted molar refractivity (Wildman–Crippen MR) is 55.0 cm³/mol. The molecule has 1 rings (SSSR count). The largest absolute Gasteiger partial charge is 0.0845 e. The highest BCUT2D eigenvalue weighted by atomic mass is 13.9. The van der Waals surface area contributed by atoms with Crippen LogP contribution in [0.4, 0.5) is 0 Å². The van der Waals surface area contributed by atoms with Crippen LogP contribution in [0, 0.1) is 0 Å². The van der Waals surface area contributed by atoms with Crippen LogP contribution in [0.15, 0.2) is 48.6 Å². The van der Waals surface area contributed by atoms with Gasteiger partial charge in [0, 0.05) is 0 Å². The molecule has 0 aliphatic heterocycles. The third-order valence-corrected chi connectivity index (χ3v) is 1.82. The lowest BCUT2D eigenvalue weighted by molar-refractivity contribution is 0.762. The van der Waals surface area contributed by atoms with E-state index < -0.39 is 0 Å². The molecule has 0 nitrogen and oxygen atoms in total. The van der Waals surface area contributed by atoms with Gasteiger partial charge in [0.25, 0.3) is 0 Å². The lowest BCUT2D eigenvalue weighted by Crippen LogP contribution is -1.72. The third kappa shape index (κ3) is 4.73. The summed E-state index contributed by atoms with van der Waals surface area (Å²) in [7, 11) is 0. The van der Waals surface area contributed by atoms with E-state index in [1.807, 2.05) is 0 Å². The van der Waals surface area contributed by atoms with E-state index >= 15 is 0 Å². The summed E-state index contributed by atoms with van der Waals surface area (Å²) in [4.78, 5) is 0. The Morgan fingerprint density at radius 3 is 1.42 bits per heavy atom. The van der Waals surface area contributed by atoms with Gasteiger partial charge < -0.3 is 0 Å². The zero-order chi connectivity index (χ0) is 8.49. The molecule has 0 aromatic rings. The minimum atomic E-state index is 1.21. The smallest absolute Gasteiger partial charge is 0.0347 e. The fourth-order valence-corrected chi connectivity index (χ4v) is 1.13. The van der Waals surface area contributed by atoms with Crippen molar-refractivity contribution in [3.63, 3.8) is 0 Å². The van der Waals surface area contributed by atoms with Crippen molar-refractivity contribution in [1.82, 2.24) is 0 Å². The number of rotatable bonds is 0. The van der Waals surface area contributed by atoms with Crippen LogP contribution in [0.5, 0.6) is 0 Å². The summed E-state index contributed by atoms with van der Waals surface area (Å²) in [6.45, 7) is 0. The van der Waals surface area contributed by atoms with Crippen LogP contribution in [0.1, 0.15) is 25.7 Å². The van der Waals surface area contributed by atoms with E-state index in [1.54, 1.807) is 0 Å². The summed E-state index contributed by atoms with van der Waals surface area (Å²) in [5, 5.41) is 0. The molecule has 0 heteroatoms. The third-order valence-electron chi connectivity index (χ3n) is 1.82. The summed E-state index contributed by atoms with van der Waals surface area (Å²) < 4.78 is 0. The minimum absolute atomic E-state index is 1.21. The minimum Gasteiger partial charge on any atom is -0.0845 e. The summed E-state index contributed by atoms with van der Waals surface area (Å²) in [5.74, 6) is 0. The quantitative estimate of drug-likeness (QED) is 0.506. The second kappa shape index (κ2) is 6.66. The highest BCUT2D eigenvalue weighted by Gasteiger charge is 1.82. The Balaban J connectivity index is 2.43. The Bertz CT molecular complexity index is 180. The van der Waals surface area contributed by atoms with Gasteiger partial charge in [-0.3, -0.25) is 0 Å². The molecule has 0 spiro atoms. The predicted octanol–water partition coefficient (Wildman–Crippen LogP) is 3.79. The lowest BCUT2D eigenvalue weighted by Gasteiger charge is -1.92. The van der Waals surface area contributed by atoms with E-state index in [-0.39, 0.29) is 0 Å². The van der Waals surface area contributed by atoms with Gasteiger partial charge in [0.2, 0.25) is 0 Å². The molecular weight excluding hydrogens is 144 g/mol. The molecule has 0 N–H and O–H groups in total. The van der Waals surface area contributed by atoms with Crippen LogP contribution >= 0.6 is 0 Å². The molecule has 64 valence electrons. The Labute approximate surface area is 75.0 Å². The van der Waals surface area contributed by atoms with E-state index in [2.05, 4.69) is 48.6 Å². The first-order valence-corrected chi connectivity index (χ1v) is 4.65. The molecule has 0 radical (unpaired) electrons. The molecule has 0 amide bonds. The van der Waals surface area contributed by atoms with E-state index in [1.165, 1.54) is 25.7 Å². The highest BCUT2D eigenvalue weighted by Crippen LogP contribution is 2.02. The molecule has 1 aliphatic carbocycles. The number of hydrogen-bond donors (Lipinski definition) is 0. The van der Waals surface area contributed by atoms with E-state index in [9.17, 15) is 0 Å². The molecule has 0 fully saturated rings. The van der Waals surface area contributed by atoms with Gasteiger partial charge in [0.05, 0.1) is 0 Å². The second-order valence-corrected chi connectivity index (χ2v) is 2.91.